The van der Waals surface area contributed by atoms with Crippen LogP contribution < -0.4 is 0 Å². The second-order valence-corrected chi connectivity index (χ2v) is 9.70. The lowest BCUT2D eigenvalue weighted by molar-refractivity contribution is 0.0181. The van der Waals surface area contributed by atoms with Crippen LogP contribution >= 0.6 is 0 Å². The fourth-order valence-electron chi connectivity index (χ4n) is 3.46. The Morgan fingerprint density at radius 2 is 1.96 bits per heavy atom. The minimum atomic E-state index is -0.981. The quantitative estimate of drug-likeness (QED) is 0.755. The highest BCUT2D eigenvalue weighted by Crippen LogP contribution is 2.27. The van der Waals surface area contributed by atoms with Crippen LogP contribution in [0.25, 0.3) is 11.0 Å². The molecule has 0 saturated carbocycles. The average Bonchev–Trinajstić information content (AvgIpc) is 3.01. The van der Waals surface area contributed by atoms with Crippen molar-refractivity contribution in [1.82, 2.24) is 4.90 Å². The highest BCUT2D eigenvalue weighted by Gasteiger charge is 2.26. The number of amides is 1. The molecule has 1 unspecified atom stereocenters. The molecular weight excluding hydrogens is 362 g/mol. The number of ether oxygens (including phenoxy) is 1. The third-order valence-electron chi connectivity index (χ3n) is 4.94. The molecule has 1 amide bonds. The van der Waals surface area contributed by atoms with Crippen molar-refractivity contribution in [2.24, 2.45) is 5.92 Å². The Bertz CT molecular complexity index is 828. The highest BCUT2D eigenvalue weighted by atomic mass is 32.2. The van der Waals surface area contributed by atoms with Gasteiger partial charge in [0.25, 0.3) is 0 Å². The molecule has 0 radical (unpaired) electrons. The molecule has 1 saturated heterocycles. The number of benzene rings is 1. The van der Waals surface area contributed by atoms with Crippen molar-refractivity contribution in [2.75, 3.05) is 19.3 Å². The summed E-state index contributed by atoms with van der Waals surface area (Å²) in [6.45, 7) is 7.20. The predicted molar refractivity (Wildman–Crippen MR) is 107 cm³/mol. The highest BCUT2D eigenvalue weighted by molar-refractivity contribution is 7.84. The second-order valence-electron chi connectivity index (χ2n) is 8.32. The number of hydrogen-bond acceptors (Lipinski definition) is 4. The van der Waals surface area contributed by atoms with Crippen LogP contribution in [0.4, 0.5) is 4.79 Å². The van der Waals surface area contributed by atoms with E-state index in [1.807, 2.05) is 43.9 Å². The SMILES string of the molecule is CS(=O)c1ccc2oc(CCC3CCN(C(=O)OC(C)(C)C)CC3)cc2c1. The number of furan rings is 1. The predicted octanol–water partition coefficient (Wildman–Crippen LogP) is 4.75. The molecular formula is C21H29NO4S. The van der Waals surface area contributed by atoms with Gasteiger partial charge in [-0.1, -0.05) is 0 Å². The number of hydrogen-bond donors (Lipinski definition) is 0. The maximum Gasteiger partial charge on any atom is 0.410 e. The van der Waals surface area contributed by atoms with Gasteiger partial charge in [-0.25, -0.2) is 4.79 Å². The van der Waals surface area contributed by atoms with E-state index in [2.05, 4.69) is 6.07 Å². The van der Waals surface area contributed by atoms with E-state index in [0.29, 0.717) is 5.92 Å². The third kappa shape index (κ3) is 5.34. The van der Waals surface area contributed by atoms with E-state index in [9.17, 15) is 9.00 Å². The number of piperidine rings is 1. The number of aryl methyl sites for hydroxylation is 1. The third-order valence-corrected chi connectivity index (χ3v) is 5.85. The fourth-order valence-corrected chi connectivity index (χ4v) is 4.01. The molecule has 0 N–H and O–H groups in total. The first-order valence-electron chi connectivity index (χ1n) is 9.55. The molecule has 1 aliphatic rings. The summed E-state index contributed by atoms with van der Waals surface area (Å²) in [5.74, 6) is 1.56. The van der Waals surface area contributed by atoms with Crippen molar-refractivity contribution in [3.63, 3.8) is 0 Å². The monoisotopic (exact) mass is 391 g/mol. The van der Waals surface area contributed by atoms with Crippen molar-refractivity contribution < 1.29 is 18.2 Å². The zero-order valence-electron chi connectivity index (χ0n) is 16.6. The summed E-state index contributed by atoms with van der Waals surface area (Å²) in [7, 11) is -0.981. The van der Waals surface area contributed by atoms with Crippen LogP contribution in [0.3, 0.4) is 0 Å². The summed E-state index contributed by atoms with van der Waals surface area (Å²) in [6, 6.07) is 7.76. The van der Waals surface area contributed by atoms with Gasteiger partial charge in [0, 0.05) is 46.8 Å². The number of rotatable bonds is 4. The summed E-state index contributed by atoms with van der Waals surface area (Å²) < 4.78 is 23.0. The number of carbonyl (C=O) groups excluding carboxylic acids is 1. The minimum absolute atomic E-state index is 0.206. The molecule has 5 nitrogen and oxygen atoms in total. The Morgan fingerprint density at radius 1 is 1.26 bits per heavy atom. The average molecular weight is 392 g/mol. The topological polar surface area (TPSA) is 59.8 Å². The summed E-state index contributed by atoms with van der Waals surface area (Å²) in [6.07, 6.45) is 5.41. The molecule has 1 atom stereocenters. The summed E-state index contributed by atoms with van der Waals surface area (Å²) in [4.78, 5) is 14.8. The largest absolute Gasteiger partial charge is 0.461 e. The molecule has 1 aliphatic heterocycles. The van der Waals surface area contributed by atoms with Crippen molar-refractivity contribution >= 4 is 27.9 Å². The Kier molecular flexibility index (Phi) is 5.94. The van der Waals surface area contributed by atoms with E-state index in [0.717, 1.165) is 60.4 Å². The number of fused-ring (bicyclic) bond motifs is 1. The molecule has 27 heavy (non-hydrogen) atoms. The van der Waals surface area contributed by atoms with E-state index in [1.165, 1.54) is 0 Å². The van der Waals surface area contributed by atoms with Crippen LogP contribution in [-0.2, 0) is 22.0 Å². The summed E-state index contributed by atoms with van der Waals surface area (Å²) in [5, 5.41) is 1.01. The standard InChI is InChI=1S/C21H29NO4S/c1-21(2,3)26-20(23)22-11-9-15(10-12-22)5-6-17-13-16-14-18(27(4)24)7-8-19(16)25-17/h7-8,13-15H,5-6,9-12H2,1-4H3. The lowest BCUT2D eigenvalue weighted by Gasteiger charge is -2.33. The molecule has 0 bridgehead atoms. The molecule has 3 rings (SSSR count). The van der Waals surface area contributed by atoms with Gasteiger partial charge in [0.05, 0.1) is 0 Å². The molecule has 0 spiro atoms. The zero-order chi connectivity index (χ0) is 19.6. The Hall–Kier alpha value is -1.82. The van der Waals surface area contributed by atoms with Crippen molar-refractivity contribution in [3.8, 4) is 0 Å². The minimum Gasteiger partial charge on any atom is -0.461 e. The van der Waals surface area contributed by atoms with E-state index in [4.69, 9.17) is 9.15 Å². The van der Waals surface area contributed by atoms with E-state index in [-0.39, 0.29) is 6.09 Å². The Labute approximate surface area is 163 Å². The zero-order valence-corrected chi connectivity index (χ0v) is 17.4. The van der Waals surface area contributed by atoms with Crippen LogP contribution in [0.2, 0.25) is 0 Å². The number of likely N-dealkylation sites (tertiary alicyclic amines) is 1. The first kappa shape index (κ1) is 19.9. The molecule has 2 heterocycles. The molecule has 6 heteroatoms. The fraction of sp³-hybridized carbons (Fsp3) is 0.571. The van der Waals surface area contributed by atoms with Crippen LogP contribution in [0.15, 0.2) is 33.6 Å². The molecule has 1 aromatic carbocycles. The van der Waals surface area contributed by atoms with Gasteiger partial charge in [0.1, 0.15) is 16.9 Å². The van der Waals surface area contributed by atoms with Gasteiger partial charge in [-0.2, -0.15) is 0 Å². The number of carbonyl (C=O) groups is 1. The van der Waals surface area contributed by atoms with Gasteiger partial charge in [0.15, 0.2) is 0 Å². The van der Waals surface area contributed by atoms with Crippen LogP contribution in [0.5, 0.6) is 0 Å². The first-order chi connectivity index (χ1) is 12.7. The Balaban J connectivity index is 1.51. The van der Waals surface area contributed by atoms with Gasteiger partial charge >= 0.3 is 6.09 Å². The summed E-state index contributed by atoms with van der Waals surface area (Å²) >= 11 is 0. The van der Waals surface area contributed by atoms with Gasteiger partial charge in [0.2, 0.25) is 0 Å². The maximum atomic E-state index is 12.1. The van der Waals surface area contributed by atoms with Gasteiger partial charge in [-0.3, -0.25) is 4.21 Å². The number of nitrogens with zero attached hydrogens (tertiary/aromatic N) is 1. The van der Waals surface area contributed by atoms with Crippen molar-refractivity contribution in [3.05, 3.63) is 30.0 Å². The molecule has 148 valence electrons. The normalized spacial score (nSPS) is 17.3. The van der Waals surface area contributed by atoms with Crippen LogP contribution in [0.1, 0.15) is 45.8 Å². The van der Waals surface area contributed by atoms with Crippen LogP contribution in [0, 0.1) is 5.92 Å². The molecule has 0 aliphatic carbocycles. The lowest BCUT2D eigenvalue weighted by atomic mass is 9.92. The smallest absolute Gasteiger partial charge is 0.410 e. The van der Waals surface area contributed by atoms with Crippen molar-refractivity contribution in [1.29, 1.82) is 0 Å². The van der Waals surface area contributed by atoms with Crippen molar-refractivity contribution in [2.45, 2.75) is 57.0 Å². The van der Waals surface area contributed by atoms with E-state index >= 15 is 0 Å². The summed E-state index contributed by atoms with van der Waals surface area (Å²) in [5.41, 5.74) is 0.401. The molecule has 1 aromatic heterocycles. The molecule has 1 fully saturated rings. The van der Waals surface area contributed by atoms with Gasteiger partial charge in [-0.05, 0) is 70.2 Å². The van der Waals surface area contributed by atoms with E-state index in [1.54, 1.807) is 6.26 Å². The first-order valence-corrected chi connectivity index (χ1v) is 11.1. The Morgan fingerprint density at radius 3 is 2.59 bits per heavy atom. The maximum absolute atomic E-state index is 12.1. The lowest BCUT2D eigenvalue weighted by Crippen LogP contribution is -2.41. The van der Waals surface area contributed by atoms with Gasteiger partial charge < -0.3 is 14.1 Å². The van der Waals surface area contributed by atoms with E-state index < -0.39 is 16.4 Å². The molecule has 2 aromatic rings. The van der Waals surface area contributed by atoms with Gasteiger partial charge in [-0.15, -0.1) is 0 Å². The van der Waals surface area contributed by atoms with Crippen LogP contribution in [-0.4, -0.2) is 40.1 Å². The second kappa shape index (κ2) is 8.05.